The van der Waals surface area contributed by atoms with Gasteiger partial charge in [-0.05, 0) is 33.7 Å². The van der Waals surface area contributed by atoms with Gasteiger partial charge in [0.05, 0.1) is 12.6 Å². The number of carbonyl (C=O) groups is 1. The van der Waals surface area contributed by atoms with Crippen molar-refractivity contribution in [2.45, 2.75) is 58.0 Å². The fourth-order valence-electron chi connectivity index (χ4n) is 3.22. The maximum absolute atomic E-state index is 11.7. The molecule has 128 valence electrons. The summed E-state index contributed by atoms with van der Waals surface area (Å²) >= 11 is 0. The Morgan fingerprint density at radius 1 is 1.39 bits per heavy atom. The molecule has 6 nitrogen and oxygen atoms in total. The molecule has 1 fully saturated rings. The molecule has 0 aliphatic heterocycles. The van der Waals surface area contributed by atoms with Gasteiger partial charge < -0.3 is 15.5 Å². The molecule has 1 aromatic heterocycles. The summed E-state index contributed by atoms with van der Waals surface area (Å²) in [5.74, 6) is 0.759. The van der Waals surface area contributed by atoms with E-state index in [-0.39, 0.29) is 11.9 Å². The van der Waals surface area contributed by atoms with Crippen LogP contribution in [0.2, 0.25) is 0 Å². The summed E-state index contributed by atoms with van der Waals surface area (Å²) < 4.78 is 0. The average Bonchev–Trinajstić information content (AvgIpc) is 2.54. The number of carbonyl (C=O) groups excluding carboxylic acids is 1. The van der Waals surface area contributed by atoms with Crippen LogP contribution in [0, 0.1) is 6.92 Å². The molecule has 1 heterocycles. The zero-order valence-electron chi connectivity index (χ0n) is 14.7. The van der Waals surface area contributed by atoms with Gasteiger partial charge >= 0.3 is 0 Å². The minimum absolute atomic E-state index is 0.0252. The third-order valence-electron chi connectivity index (χ3n) is 4.62. The van der Waals surface area contributed by atoms with Gasteiger partial charge in [0.25, 0.3) is 0 Å². The van der Waals surface area contributed by atoms with Crippen molar-refractivity contribution in [1.29, 1.82) is 0 Å². The number of anilines is 1. The van der Waals surface area contributed by atoms with E-state index in [0.717, 1.165) is 17.2 Å². The maximum Gasteiger partial charge on any atom is 0.234 e. The lowest BCUT2D eigenvalue weighted by Gasteiger charge is -2.31. The summed E-state index contributed by atoms with van der Waals surface area (Å²) in [5.41, 5.74) is 1.89. The second kappa shape index (κ2) is 8.24. The molecule has 1 saturated carbocycles. The molecule has 23 heavy (non-hydrogen) atoms. The number of amides is 1. The predicted octanol–water partition coefficient (Wildman–Crippen LogP) is 1.95. The van der Waals surface area contributed by atoms with Crippen LogP contribution in [0.25, 0.3) is 0 Å². The summed E-state index contributed by atoms with van der Waals surface area (Å²) in [6.07, 6.45) is 8.21. The number of hydrogen-bond acceptors (Lipinski definition) is 5. The Labute approximate surface area is 139 Å². The van der Waals surface area contributed by atoms with Crippen molar-refractivity contribution in [3.8, 4) is 0 Å². The van der Waals surface area contributed by atoms with Crippen LogP contribution in [-0.4, -0.2) is 42.6 Å². The van der Waals surface area contributed by atoms with E-state index in [4.69, 9.17) is 0 Å². The Kier molecular flexibility index (Phi) is 6.33. The van der Waals surface area contributed by atoms with Crippen molar-refractivity contribution in [3.63, 3.8) is 0 Å². The quantitative estimate of drug-likeness (QED) is 0.839. The lowest BCUT2D eigenvalue weighted by molar-refractivity contribution is -0.120. The first-order valence-electron chi connectivity index (χ1n) is 8.53. The minimum atomic E-state index is -0.0927. The number of likely N-dealkylation sites (N-methyl/N-ethyl adjacent to an activating group) is 1. The predicted molar refractivity (Wildman–Crippen MR) is 92.5 cm³/mol. The monoisotopic (exact) mass is 319 g/mol. The number of aryl methyl sites for hydroxylation is 1. The van der Waals surface area contributed by atoms with Crippen molar-refractivity contribution in [3.05, 3.63) is 17.5 Å². The highest BCUT2D eigenvalue weighted by molar-refractivity contribution is 5.78. The van der Waals surface area contributed by atoms with E-state index in [1.807, 2.05) is 20.0 Å². The van der Waals surface area contributed by atoms with E-state index in [0.29, 0.717) is 12.6 Å². The molecule has 1 aliphatic rings. The number of rotatable bonds is 6. The second-order valence-electron chi connectivity index (χ2n) is 6.43. The molecular weight excluding hydrogens is 290 g/mol. The third kappa shape index (κ3) is 4.64. The van der Waals surface area contributed by atoms with Gasteiger partial charge in [-0.2, -0.15) is 0 Å². The van der Waals surface area contributed by atoms with Crippen molar-refractivity contribution in [2.75, 3.05) is 25.5 Å². The fourth-order valence-corrected chi connectivity index (χ4v) is 3.22. The van der Waals surface area contributed by atoms with E-state index in [2.05, 4.69) is 32.5 Å². The summed E-state index contributed by atoms with van der Waals surface area (Å²) in [7, 11) is 3.84. The van der Waals surface area contributed by atoms with Gasteiger partial charge in [0.15, 0.2) is 0 Å². The summed E-state index contributed by atoms with van der Waals surface area (Å²) in [5, 5.41) is 5.80. The van der Waals surface area contributed by atoms with Crippen LogP contribution >= 0.6 is 0 Å². The smallest absolute Gasteiger partial charge is 0.234 e. The molecule has 0 bridgehead atoms. The molecule has 6 heteroatoms. The molecular formula is C17H29N5O. The Morgan fingerprint density at radius 3 is 2.70 bits per heavy atom. The first-order chi connectivity index (χ1) is 11.0. The topological polar surface area (TPSA) is 70.2 Å². The molecule has 2 N–H and O–H groups in total. The highest BCUT2D eigenvalue weighted by atomic mass is 16.1. The Balaban J connectivity index is 2.06. The summed E-state index contributed by atoms with van der Waals surface area (Å²) in [6.45, 7) is 4.26. The van der Waals surface area contributed by atoms with Crippen molar-refractivity contribution < 1.29 is 4.79 Å². The SMILES string of the molecule is CNCC(=O)N[C@@H](C)c1cnc(N(C)C2CCCCC2)nc1C. The largest absolute Gasteiger partial charge is 0.348 e. The Bertz CT molecular complexity index is 528. The van der Waals surface area contributed by atoms with E-state index in [9.17, 15) is 4.79 Å². The Morgan fingerprint density at radius 2 is 2.09 bits per heavy atom. The molecule has 1 atom stereocenters. The first-order valence-corrected chi connectivity index (χ1v) is 8.53. The van der Waals surface area contributed by atoms with Gasteiger partial charge in [-0.1, -0.05) is 19.3 Å². The molecule has 0 unspecified atom stereocenters. The van der Waals surface area contributed by atoms with E-state index >= 15 is 0 Å². The van der Waals surface area contributed by atoms with Crippen molar-refractivity contribution in [2.24, 2.45) is 0 Å². The van der Waals surface area contributed by atoms with Gasteiger partial charge in [-0.3, -0.25) is 4.79 Å². The van der Waals surface area contributed by atoms with Crippen LogP contribution < -0.4 is 15.5 Å². The molecule has 2 rings (SSSR count). The van der Waals surface area contributed by atoms with Crippen molar-refractivity contribution >= 4 is 11.9 Å². The van der Waals surface area contributed by atoms with Gasteiger partial charge in [-0.15, -0.1) is 0 Å². The summed E-state index contributed by atoms with van der Waals surface area (Å²) in [4.78, 5) is 23.1. The number of aromatic nitrogens is 2. The highest BCUT2D eigenvalue weighted by Crippen LogP contribution is 2.25. The average molecular weight is 319 g/mol. The van der Waals surface area contributed by atoms with Crippen LogP contribution in [0.4, 0.5) is 5.95 Å². The van der Waals surface area contributed by atoms with Gasteiger partial charge in [0, 0.05) is 30.5 Å². The molecule has 0 saturated heterocycles. The molecule has 1 amide bonds. The zero-order valence-corrected chi connectivity index (χ0v) is 14.7. The standard InChI is InChI=1S/C17H29N5O/c1-12(20-16(23)11-18-3)15-10-19-17(21-13(15)2)22(4)14-8-6-5-7-9-14/h10,12,14,18H,5-9,11H2,1-4H3,(H,20,23)/t12-/m0/s1. The van der Waals surface area contributed by atoms with Gasteiger partial charge in [-0.25, -0.2) is 9.97 Å². The second-order valence-corrected chi connectivity index (χ2v) is 6.43. The van der Waals surface area contributed by atoms with Crippen LogP contribution in [0.3, 0.4) is 0 Å². The lowest BCUT2D eigenvalue weighted by Crippen LogP contribution is -2.35. The highest BCUT2D eigenvalue weighted by Gasteiger charge is 2.21. The van der Waals surface area contributed by atoms with Gasteiger partial charge in [0.2, 0.25) is 11.9 Å². The van der Waals surface area contributed by atoms with Crippen LogP contribution in [0.5, 0.6) is 0 Å². The molecule has 1 aromatic rings. The van der Waals surface area contributed by atoms with E-state index in [1.54, 1.807) is 7.05 Å². The number of nitrogens with zero attached hydrogens (tertiary/aromatic N) is 3. The van der Waals surface area contributed by atoms with E-state index in [1.165, 1.54) is 32.1 Å². The fraction of sp³-hybridized carbons (Fsp3) is 0.706. The maximum atomic E-state index is 11.7. The molecule has 0 radical (unpaired) electrons. The molecule has 0 spiro atoms. The lowest BCUT2D eigenvalue weighted by atomic mass is 9.95. The number of hydrogen-bond donors (Lipinski definition) is 2. The summed E-state index contributed by atoms with van der Waals surface area (Å²) in [6, 6.07) is 0.451. The zero-order chi connectivity index (χ0) is 16.8. The van der Waals surface area contributed by atoms with Crippen molar-refractivity contribution in [1.82, 2.24) is 20.6 Å². The van der Waals surface area contributed by atoms with E-state index < -0.39 is 0 Å². The first kappa shape index (κ1) is 17.7. The number of nitrogens with one attached hydrogen (secondary N) is 2. The molecule has 1 aliphatic carbocycles. The van der Waals surface area contributed by atoms with Crippen LogP contribution in [0.1, 0.15) is 56.3 Å². The van der Waals surface area contributed by atoms with Crippen LogP contribution in [0.15, 0.2) is 6.20 Å². The minimum Gasteiger partial charge on any atom is -0.348 e. The third-order valence-corrected chi connectivity index (χ3v) is 4.62. The van der Waals surface area contributed by atoms with Gasteiger partial charge in [0.1, 0.15) is 0 Å². The normalized spacial score (nSPS) is 16.9. The van der Waals surface area contributed by atoms with Crippen LogP contribution in [-0.2, 0) is 4.79 Å². The Hall–Kier alpha value is -1.69. The molecule has 0 aromatic carbocycles.